The van der Waals surface area contributed by atoms with Gasteiger partial charge in [0.1, 0.15) is 5.82 Å². The lowest BCUT2D eigenvalue weighted by molar-refractivity contribution is 0.851. The molecule has 0 atom stereocenters. The minimum Gasteiger partial charge on any atom is -0.384 e. The van der Waals surface area contributed by atoms with Gasteiger partial charge in [-0.15, -0.1) is 0 Å². The number of nitrogen functional groups attached to an aromatic ring is 1. The van der Waals surface area contributed by atoms with Crippen LogP contribution in [0.4, 0.5) is 5.82 Å². The van der Waals surface area contributed by atoms with Gasteiger partial charge in [0.05, 0.1) is 6.20 Å². The standard InChI is InChI=1S/C9H10N4/c1-7-3-2-4-9(12-7)13-8(10)5-6-11-13/h2-6H,10H2,1H3. The number of hydrogen-bond acceptors (Lipinski definition) is 3. The summed E-state index contributed by atoms with van der Waals surface area (Å²) in [6.07, 6.45) is 1.65. The van der Waals surface area contributed by atoms with Crippen LogP contribution in [0.25, 0.3) is 5.82 Å². The van der Waals surface area contributed by atoms with Gasteiger partial charge in [-0.1, -0.05) is 6.07 Å². The molecule has 0 amide bonds. The molecule has 0 aliphatic heterocycles. The van der Waals surface area contributed by atoms with Crippen LogP contribution in [0.3, 0.4) is 0 Å². The Labute approximate surface area is 76.0 Å². The van der Waals surface area contributed by atoms with Crippen molar-refractivity contribution in [1.29, 1.82) is 0 Å². The molecule has 2 aromatic heterocycles. The first kappa shape index (κ1) is 7.79. The highest BCUT2D eigenvalue weighted by atomic mass is 15.3. The van der Waals surface area contributed by atoms with Crippen molar-refractivity contribution in [2.24, 2.45) is 0 Å². The first-order valence-corrected chi connectivity index (χ1v) is 4.01. The molecule has 0 unspecified atom stereocenters. The van der Waals surface area contributed by atoms with Crippen LogP contribution in [0.5, 0.6) is 0 Å². The maximum absolute atomic E-state index is 5.68. The highest BCUT2D eigenvalue weighted by Crippen LogP contribution is 2.08. The minimum absolute atomic E-state index is 0.595. The number of nitrogens with two attached hydrogens (primary N) is 1. The zero-order valence-electron chi connectivity index (χ0n) is 7.31. The molecule has 13 heavy (non-hydrogen) atoms. The summed E-state index contributed by atoms with van der Waals surface area (Å²) in [7, 11) is 0. The Bertz CT molecular complexity index is 419. The second-order valence-corrected chi connectivity index (χ2v) is 2.81. The summed E-state index contributed by atoms with van der Waals surface area (Å²) >= 11 is 0. The summed E-state index contributed by atoms with van der Waals surface area (Å²) in [5.41, 5.74) is 6.63. The lowest BCUT2D eigenvalue weighted by Crippen LogP contribution is -2.03. The van der Waals surface area contributed by atoms with Crippen molar-refractivity contribution in [2.45, 2.75) is 6.92 Å². The Morgan fingerprint density at radius 3 is 2.77 bits per heavy atom. The SMILES string of the molecule is Cc1cccc(-n2nccc2N)n1. The van der Waals surface area contributed by atoms with Crippen LogP contribution < -0.4 is 5.73 Å². The van der Waals surface area contributed by atoms with E-state index in [1.165, 1.54) is 0 Å². The normalized spacial score (nSPS) is 10.2. The molecule has 0 radical (unpaired) electrons. The van der Waals surface area contributed by atoms with Gasteiger partial charge in [0.2, 0.25) is 0 Å². The number of aryl methyl sites for hydroxylation is 1. The molecular weight excluding hydrogens is 164 g/mol. The molecule has 4 nitrogen and oxygen atoms in total. The Hall–Kier alpha value is -1.84. The first-order chi connectivity index (χ1) is 6.27. The summed E-state index contributed by atoms with van der Waals surface area (Å²) in [4.78, 5) is 4.30. The van der Waals surface area contributed by atoms with Gasteiger partial charge in [-0.05, 0) is 19.1 Å². The lowest BCUT2D eigenvalue weighted by atomic mass is 10.4. The van der Waals surface area contributed by atoms with Crippen LogP contribution in [-0.2, 0) is 0 Å². The van der Waals surface area contributed by atoms with Crippen molar-refractivity contribution >= 4 is 5.82 Å². The van der Waals surface area contributed by atoms with Gasteiger partial charge in [0, 0.05) is 11.8 Å². The van der Waals surface area contributed by atoms with Crippen molar-refractivity contribution in [3.05, 3.63) is 36.2 Å². The van der Waals surface area contributed by atoms with Crippen molar-refractivity contribution in [3.63, 3.8) is 0 Å². The predicted octanol–water partition coefficient (Wildman–Crippen LogP) is 1.16. The largest absolute Gasteiger partial charge is 0.384 e. The predicted molar refractivity (Wildman–Crippen MR) is 50.5 cm³/mol. The van der Waals surface area contributed by atoms with Gasteiger partial charge in [-0.2, -0.15) is 9.78 Å². The molecule has 0 fully saturated rings. The van der Waals surface area contributed by atoms with Gasteiger partial charge in [0.15, 0.2) is 5.82 Å². The van der Waals surface area contributed by atoms with Crippen molar-refractivity contribution in [2.75, 3.05) is 5.73 Å². The Kier molecular flexibility index (Phi) is 1.73. The fourth-order valence-electron chi connectivity index (χ4n) is 1.15. The second kappa shape index (κ2) is 2.90. The number of pyridine rings is 1. The Morgan fingerprint density at radius 1 is 1.31 bits per heavy atom. The average molecular weight is 174 g/mol. The first-order valence-electron chi connectivity index (χ1n) is 4.01. The average Bonchev–Trinajstić information content (AvgIpc) is 2.51. The van der Waals surface area contributed by atoms with Gasteiger partial charge >= 0.3 is 0 Å². The Balaban J connectivity index is 2.53. The van der Waals surface area contributed by atoms with E-state index in [0.717, 1.165) is 11.5 Å². The lowest BCUT2D eigenvalue weighted by Gasteiger charge is -2.02. The summed E-state index contributed by atoms with van der Waals surface area (Å²) < 4.78 is 1.60. The summed E-state index contributed by atoms with van der Waals surface area (Å²) in [5.74, 6) is 1.35. The molecule has 0 saturated heterocycles. The van der Waals surface area contributed by atoms with E-state index in [1.54, 1.807) is 16.9 Å². The third-order valence-corrected chi connectivity index (χ3v) is 1.76. The van der Waals surface area contributed by atoms with Crippen LogP contribution in [0.2, 0.25) is 0 Å². The van der Waals surface area contributed by atoms with E-state index in [-0.39, 0.29) is 0 Å². The molecule has 66 valence electrons. The smallest absolute Gasteiger partial charge is 0.155 e. The third-order valence-electron chi connectivity index (χ3n) is 1.76. The van der Waals surface area contributed by atoms with Gasteiger partial charge in [0.25, 0.3) is 0 Å². The number of hydrogen-bond donors (Lipinski definition) is 1. The van der Waals surface area contributed by atoms with Crippen molar-refractivity contribution in [3.8, 4) is 5.82 Å². The second-order valence-electron chi connectivity index (χ2n) is 2.81. The van der Waals surface area contributed by atoms with Crippen LogP contribution in [0.1, 0.15) is 5.69 Å². The molecule has 0 aliphatic carbocycles. The van der Waals surface area contributed by atoms with E-state index in [2.05, 4.69) is 10.1 Å². The summed E-state index contributed by atoms with van der Waals surface area (Å²) in [5, 5.41) is 4.06. The number of anilines is 1. The van der Waals surface area contributed by atoms with Gasteiger partial charge in [-0.25, -0.2) is 4.98 Å². The van der Waals surface area contributed by atoms with Crippen LogP contribution in [0, 0.1) is 6.92 Å². The van der Waals surface area contributed by atoms with Crippen LogP contribution in [-0.4, -0.2) is 14.8 Å². The van der Waals surface area contributed by atoms with E-state index >= 15 is 0 Å². The molecule has 2 aromatic rings. The fourth-order valence-corrected chi connectivity index (χ4v) is 1.15. The van der Waals surface area contributed by atoms with Crippen molar-refractivity contribution in [1.82, 2.24) is 14.8 Å². The molecule has 2 N–H and O–H groups in total. The zero-order chi connectivity index (χ0) is 9.26. The molecule has 2 rings (SSSR count). The molecule has 0 bridgehead atoms. The quantitative estimate of drug-likeness (QED) is 0.705. The van der Waals surface area contributed by atoms with Crippen LogP contribution in [0.15, 0.2) is 30.5 Å². The summed E-state index contributed by atoms with van der Waals surface area (Å²) in [6, 6.07) is 7.47. The maximum atomic E-state index is 5.68. The molecule has 0 aromatic carbocycles. The van der Waals surface area contributed by atoms with Gasteiger partial charge < -0.3 is 5.73 Å². The molecular formula is C9H10N4. The topological polar surface area (TPSA) is 56.7 Å². The Morgan fingerprint density at radius 2 is 2.15 bits per heavy atom. The number of nitrogens with zero attached hydrogens (tertiary/aromatic N) is 3. The highest BCUT2D eigenvalue weighted by Gasteiger charge is 2.01. The van der Waals surface area contributed by atoms with E-state index in [4.69, 9.17) is 5.73 Å². The van der Waals surface area contributed by atoms with E-state index in [1.807, 2.05) is 25.1 Å². The van der Waals surface area contributed by atoms with E-state index in [9.17, 15) is 0 Å². The van der Waals surface area contributed by atoms with Gasteiger partial charge in [-0.3, -0.25) is 0 Å². The molecule has 2 heterocycles. The molecule has 4 heteroatoms. The fraction of sp³-hybridized carbons (Fsp3) is 0.111. The maximum Gasteiger partial charge on any atom is 0.155 e. The molecule has 0 aliphatic rings. The van der Waals surface area contributed by atoms with E-state index < -0.39 is 0 Å². The molecule has 0 saturated carbocycles. The number of rotatable bonds is 1. The third kappa shape index (κ3) is 1.38. The molecule has 0 spiro atoms. The zero-order valence-corrected chi connectivity index (χ0v) is 7.31. The van der Waals surface area contributed by atoms with Crippen molar-refractivity contribution < 1.29 is 0 Å². The minimum atomic E-state index is 0.595. The summed E-state index contributed by atoms with van der Waals surface area (Å²) in [6.45, 7) is 1.93. The monoisotopic (exact) mass is 174 g/mol. The van der Waals surface area contributed by atoms with Crippen LogP contribution >= 0.6 is 0 Å². The van der Waals surface area contributed by atoms with E-state index in [0.29, 0.717) is 5.82 Å². The highest BCUT2D eigenvalue weighted by molar-refractivity contribution is 5.36. The number of aromatic nitrogens is 3.